The zero-order valence-electron chi connectivity index (χ0n) is 36.6. The quantitative estimate of drug-likeness (QED) is 0.0758. The lowest BCUT2D eigenvalue weighted by Crippen LogP contribution is -2.64. The molecule has 2 heterocycles. The zero-order chi connectivity index (χ0) is 44.7. The van der Waals surface area contributed by atoms with E-state index in [1.807, 2.05) is 152 Å². The first-order valence-corrected chi connectivity index (χ1v) is 21.9. The molecule has 340 valence electrons. The molecule has 64 heavy (non-hydrogen) atoms. The summed E-state index contributed by atoms with van der Waals surface area (Å²) in [5, 5.41) is 22.5. The smallest absolute Gasteiger partial charge is 0.311 e. The lowest BCUT2D eigenvalue weighted by atomic mass is 9.95. The van der Waals surface area contributed by atoms with Crippen LogP contribution >= 0.6 is 0 Å². The minimum atomic E-state index is -1.63. The molecule has 2 aliphatic heterocycles. The van der Waals surface area contributed by atoms with Crippen molar-refractivity contribution in [3.05, 3.63) is 179 Å². The first kappa shape index (κ1) is 47.1. The molecule has 5 aromatic rings. The lowest BCUT2D eigenvalue weighted by molar-refractivity contribution is -0.342. The van der Waals surface area contributed by atoms with Crippen LogP contribution < -0.4 is 0 Å². The van der Waals surface area contributed by atoms with Crippen LogP contribution in [0.15, 0.2) is 152 Å². The van der Waals surface area contributed by atoms with Gasteiger partial charge in [0.2, 0.25) is 0 Å². The number of esters is 1. The number of hydrogen-bond donors (Lipinski definition) is 2. The van der Waals surface area contributed by atoms with Gasteiger partial charge in [-0.1, -0.05) is 152 Å². The van der Waals surface area contributed by atoms with E-state index in [9.17, 15) is 15.0 Å². The van der Waals surface area contributed by atoms with Crippen LogP contribution in [0.3, 0.4) is 0 Å². The molecule has 0 aliphatic carbocycles. The molecule has 12 nitrogen and oxygen atoms in total. The fourth-order valence-electron chi connectivity index (χ4n) is 7.52. The van der Waals surface area contributed by atoms with Crippen molar-refractivity contribution < 1.29 is 57.6 Å². The van der Waals surface area contributed by atoms with Crippen LogP contribution in [0.25, 0.3) is 0 Å². The normalized spacial score (nSPS) is 26.0. The molecular formula is C52H60O12. The highest BCUT2D eigenvalue weighted by Crippen LogP contribution is 2.34. The Balaban J connectivity index is 1.20. The van der Waals surface area contributed by atoms with E-state index in [-0.39, 0.29) is 39.6 Å². The summed E-state index contributed by atoms with van der Waals surface area (Å²) in [6.07, 6.45) is -11.0. The Bertz CT molecular complexity index is 2090. The van der Waals surface area contributed by atoms with Gasteiger partial charge in [-0.05, 0) is 48.6 Å². The minimum Gasteiger partial charge on any atom is -0.454 e. The zero-order valence-corrected chi connectivity index (χ0v) is 36.6. The maximum absolute atomic E-state index is 13.9. The van der Waals surface area contributed by atoms with Gasteiger partial charge in [-0.3, -0.25) is 4.79 Å². The lowest BCUT2D eigenvalue weighted by Gasteiger charge is -2.47. The fraction of sp³-hybridized carbons (Fsp3) is 0.404. The summed E-state index contributed by atoms with van der Waals surface area (Å²) in [5.41, 5.74) is 3.65. The second kappa shape index (κ2) is 23.4. The second-order valence-electron chi connectivity index (χ2n) is 17.1. The number of aliphatic hydroxyl groups excluding tert-OH is 2. The molecule has 0 spiro atoms. The summed E-state index contributed by atoms with van der Waals surface area (Å²) in [5.74, 6) is -0.505. The minimum absolute atomic E-state index is 0.0718. The molecular weight excluding hydrogens is 817 g/mol. The summed E-state index contributed by atoms with van der Waals surface area (Å²) < 4.78 is 58.5. The predicted molar refractivity (Wildman–Crippen MR) is 237 cm³/mol. The average Bonchev–Trinajstić information content (AvgIpc) is 3.31. The number of rotatable bonds is 20. The van der Waals surface area contributed by atoms with Crippen molar-refractivity contribution >= 4 is 5.97 Å². The third-order valence-corrected chi connectivity index (χ3v) is 11.0. The van der Waals surface area contributed by atoms with Crippen molar-refractivity contribution in [1.82, 2.24) is 0 Å². The molecule has 0 saturated carbocycles. The Kier molecular flexibility index (Phi) is 17.2. The molecule has 2 N–H and O–H groups in total. The van der Waals surface area contributed by atoms with Gasteiger partial charge in [0.15, 0.2) is 18.7 Å². The van der Waals surface area contributed by atoms with Crippen LogP contribution in [-0.4, -0.2) is 90.8 Å². The molecule has 0 bridgehead atoms. The highest BCUT2D eigenvalue weighted by atomic mass is 16.7. The molecule has 10 atom stereocenters. The Hall–Kier alpha value is -4.83. The summed E-state index contributed by atoms with van der Waals surface area (Å²) in [6.45, 7) is 6.11. The first-order chi connectivity index (χ1) is 31.1. The second-order valence-corrected chi connectivity index (χ2v) is 17.1. The van der Waals surface area contributed by atoms with E-state index < -0.39 is 72.8 Å². The van der Waals surface area contributed by atoms with Gasteiger partial charge in [-0.25, -0.2) is 0 Å². The van der Waals surface area contributed by atoms with Gasteiger partial charge < -0.3 is 52.8 Å². The van der Waals surface area contributed by atoms with Crippen LogP contribution in [0.2, 0.25) is 0 Å². The van der Waals surface area contributed by atoms with Gasteiger partial charge in [-0.2, -0.15) is 0 Å². The maximum atomic E-state index is 13.9. The number of hydrogen-bond acceptors (Lipinski definition) is 12. The number of carbonyl (C=O) groups is 1. The van der Waals surface area contributed by atoms with Crippen molar-refractivity contribution in [3.8, 4) is 0 Å². The monoisotopic (exact) mass is 876 g/mol. The van der Waals surface area contributed by atoms with E-state index in [1.165, 1.54) is 0 Å². The standard InChI is InChI=1S/C52H60O12/c1-52(2,3)51(55)64-48-47(60-33-40-27-17-8-18-28-40)45(58-31-38-23-13-6-14-24-38)41(34-56-29-36-19-9-4-10-20-36)63-50(48)61-35-42-44(57-30-37-21-11-5-12-22-37)46(43(53)49(54)62-42)59-32-39-25-15-7-16-26-39/h4-28,41-50,53-54H,29-35H2,1-3H3/t41?,42?,43?,44-,45-,46+,47-,48?,49-,50-/m1/s1. The molecule has 2 saturated heterocycles. The van der Waals surface area contributed by atoms with E-state index in [0.717, 1.165) is 27.8 Å². The highest BCUT2D eigenvalue weighted by molar-refractivity contribution is 5.75. The van der Waals surface area contributed by atoms with Crippen LogP contribution in [0.5, 0.6) is 0 Å². The van der Waals surface area contributed by atoms with Gasteiger partial charge in [-0.15, -0.1) is 0 Å². The van der Waals surface area contributed by atoms with Crippen molar-refractivity contribution in [3.63, 3.8) is 0 Å². The molecule has 2 aliphatic rings. The van der Waals surface area contributed by atoms with E-state index in [4.69, 9.17) is 42.6 Å². The van der Waals surface area contributed by atoms with Crippen LogP contribution in [0.1, 0.15) is 48.6 Å². The highest BCUT2D eigenvalue weighted by Gasteiger charge is 2.53. The average molecular weight is 877 g/mol. The van der Waals surface area contributed by atoms with Gasteiger partial charge in [0.25, 0.3) is 0 Å². The molecule has 0 radical (unpaired) electrons. The SMILES string of the molecule is CC(C)(C)C(=O)OC1[C@H](OCC2O[C@@H](O)C(O)[C@H](OCc3ccccc3)[C@@H]2OCc2ccccc2)OC(COCc2ccccc2)[C@@H](OCc2ccccc2)[C@H]1OCc1ccccc1. The number of carbonyl (C=O) groups excluding carboxylic acids is 1. The molecule has 0 amide bonds. The van der Waals surface area contributed by atoms with Gasteiger partial charge in [0, 0.05) is 0 Å². The Morgan fingerprint density at radius 3 is 1.28 bits per heavy atom. The van der Waals surface area contributed by atoms with Crippen LogP contribution in [0, 0.1) is 5.41 Å². The Morgan fingerprint density at radius 1 is 0.469 bits per heavy atom. The van der Waals surface area contributed by atoms with Crippen LogP contribution in [0.4, 0.5) is 0 Å². The predicted octanol–water partition coefficient (Wildman–Crippen LogP) is 7.32. The molecule has 7 rings (SSSR count). The first-order valence-electron chi connectivity index (χ1n) is 21.9. The fourth-order valence-corrected chi connectivity index (χ4v) is 7.52. The molecule has 5 aromatic carbocycles. The molecule has 0 aromatic heterocycles. The summed E-state index contributed by atoms with van der Waals surface area (Å²) >= 11 is 0. The molecule has 2 fully saturated rings. The summed E-state index contributed by atoms with van der Waals surface area (Å²) in [6, 6.07) is 48.4. The topological polar surface area (TPSA) is 141 Å². The number of aliphatic hydroxyl groups is 2. The van der Waals surface area contributed by atoms with E-state index >= 15 is 0 Å². The largest absolute Gasteiger partial charge is 0.454 e. The van der Waals surface area contributed by atoms with Crippen molar-refractivity contribution in [1.29, 1.82) is 0 Å². The van der Waals surface area contributed by atoms with Crippen molar-refractivity contribution in [2.75, 3.05) is 13.2 Å². The number of benzene rings is 5. The van der Waals surface area contributed by atoms with Crippen molar-refractivity contribution in [2.45, 2.75) is 115 Å². The van der Waals surface area contributed by atoms with Gasteiger partial charge >= 0.3 is 5.97 Å². The third-order valence-electron chi connectivity index (χ3n) is 11.0. The Labute approximate surface area is 375 Å². The van der Waals surface area contributed by atoms with Crippen LogP contribution in [-0.2, 0) is 80.5 Å². The van der Waals surface area contributed by atoms with E-state index in [0.29, 0.717) is 6.61 Å². The molecule has 4 unspecified atom stereocenters. The molecule has 12 heteroatoms. The summed E-state index contributed by atoms with van der Waals surface area (Å²) in [7, 11) is 0. The summed E-state index contributed by atoms with van der Waals surface area (Å²) in [4.78, 5) is 13.9. The van der Waals surface area contributed by atoms with E-state index in [2.05, 4.69) is 0 Å². The van der Waals surface area contributed by atoms with Crippen molar-refractivity contribution in [2.24, 2.45) is 5.41 Å². The van der Waals surface area contributed by atoms with Gasteiger partial charge in [0.1, 0.15) is 42.7 Å². The third kappa shape index (κ3) is 13.4. The Morgan fingerprint density at radius 2 is 0.844 bits per heavy atom. The number of ether oxygens (including phenoxy) is 9. The van der Waals surface area contributed by atoms with Gasteiger partial charge in [0.05, 0.1) is 51.7 Å². The van der Waals surface area contributed by atoms with E-state index in [1.54, 1.807) is 20.8 Å². The maximum Gasteiger partial charge on any atom is 0.311 e.